The van der Waals surface area contributed by atoms with Gasteiger partial charge in [0, 0.05) is 24.8 Å². The lowest BCUT2D eigenvalue weighted by Crippen LogP contribution is -2.11. The molecule has 0 aromatic carbocycles. The molecule has 0 spiro atoms. The lowest BCUT2D eigenvalue weighted by molar-refractivity contribution is 0.140. The lowest BCUT2D eigenvalue weighted by Gasteiger charge is -2.01. The number of ether oxygens (including phenoxy) is 1. The fourth-order valence-corrected chi connectivity index (χ4v) is 1.85. The van der Waals surface area contributed by atoms with Gasteiger partial charge in [0.15, 0.2) is 0 Å². The minimum Gasteiger partial charge on any atom is -0.442 e. The van der Waals surface area contributed by atoms with Crippen LogP contribution in [0.15, 0.2) is 43.2 Å². The number of hydrogen-bond acceptors (Lipinski definition) is 4. The molecular weight excluding hydrogens is 244 g/mol. The third kappa shape index (κ3) is 2.20. The van der Waals surface area contributed by atoms with Crippen molar-refractivity contribution < 1.29 is 9.53 Å². The van der Waals surface area contributed by atoms with Crippen molar-refractivity contribution in [1.82, 2.24) is 18.9 Å². The predicted octanol–water partition coefficient (Wildman–Crippen LogP) is 2.02. The Bertz CT molecular complexity index is 715. The van der Waals surface area contributed by atoms with E-state index in [0.717, 1.165) is 11.2 Å². The number of hydrogen-bond donors (Lipinski definition) is 0. The standard InChI is InChI=1S/C13H12N4O2/c1-10-3-2-5-16-7-11(15-12(10)16)8-19-13(18)17-6-4-14-9-17/h2-7,9H,8H2,1H3. The zero-order valence-corrected chi connectivity index (χ0v) is 10.4. The molecule has 0 N–H and O–H groups in total. The highest BCUT2D eigenvalue weighted by Crippen LogP contribution is 2.10. The molecule has 0 radical (unpaired) electrons. The molecule has 0 fully saturated rings. The Kier molecular flexibility index (Phi) is 2.75. The lowest BCUT2D eigenvalue weighted by atomic mass is 10.3. The van der Waals surface area contributed by atoms with Crippen LogP contribution in [0.4, 0.5) is 4.79 Å². The van der Waals surface area contributed by atoms with E-state index in [0.29, 0.717) is 5.69 Å². The number of aromatic nitrogens is 4. The van der Waals surface area contributed by atoms with E-state index in [1.807, 2.05) is 35.9 Å². The zero-order chi connectivity index (χ0) is 13.2. The van der Waals surface area contributed by atoms with Crippen LogP contribution in [0.1, 0.15) is 11.3 Å². The Morgan fingerprint density at radius 3 is 3.05 bits per heavy atom. The largest absolute Gasteiger partial charge is 0.442 e. The van der Waals surface area contributed by atoms with Gasteiger partial charge >= 0.3 is 6.09 Å². The number of pyridine rings is 1. The van der Waals surface area contributed by atoms with Crippen molar-refractivity contribution in [2.45, 2.75) is 13.5 Å². The van der Waals surface area contributed by atoms with Crippen LogP contribution in [0, 0.1) is 6.92 Å². The van der Waals surface area contributed by atoms with Gasteiger partial charge in [0.1, 0.15) is 18.6 Å². The quantitative estimate of drug-likeness (QED) is 0.703. The number of carbonyl (C=O) groups excluding carboxylic acids is 1. The van der Waals surface area contributed by atoms with Gasteiger partial charge in [-0.05, 0) is 18.6 Å². The van der Waals surface area contributed by atoms with E-state index in [9.17, 15) is 4.79 Å². The van der Waals surface area contributed by atoms with Crippen LogP contribution in [0.2, 0.25) is 0 Å². The molecule has 3 aromatic heterocycles. The van der Waals surface area contributed by atoms with Crippen LogP contribution in [0.5, 0.6) is 0 Å². The van der Waals surface area contributed by atoms with Gasteiger partial charge in [0.05, 0.1) is 5.69 Å². The number of carbonyl (C=O) groups is 1. The van der Waals surface area contributed by atoms with Gasteiger partial charge < -0.3 is 9.14 Å². The maximum atomic E-state index is 11.6. The number of imidazole rings is 2. The van der Waals surface area contributed by atoms with Gasteiger partial charge in [-0.15, -0.1) is 0 Å². The van der Waals surface area contributed by atoms with Crippen LogP contribution in [-0.4, -0.2) is 25.0 Å². The first kappa shape index (κ1) is 11.5. The SMILES string of the molecule is Cc1cccn2cc(COC(=O)n3ccnc3)nc12. The summed E-state index contributed by atoms with van der Waals surface area (Å²) in [5.41, 5.74) is 2.66. The molecule has 6 nitrogen and oxygen atoms in total. The smallest absolute Gasteiger partial charge is 0.419 e. The molecular formula is C13H12N4O2. The van der Waals surface area contributed by atoms with Crippen molar-refractivity contribution in [3.05, 3.63) is 54.5 Å². The monoisotopic (exact) mass is 256 g/mol. The van der Waals surface area contributed by atoms with E-state index in [2.05, 4.69) is 9.97 Å². The summed E-state index contributed by atoms with van der Waals surface area (Å²) >= 11 is 0. The third-order valence-corrected chi connectivity index (χ3v) is 2.79. The van der Waals surface area contributed by atoms with E-state index in [-0.39, 0.29) is 6.61 Å². The first-order valence-corrected chi connectivity index (χ1v) is 5.82. The Hall–Kier alpha value is -2.63. The van der Waals surface area contributed by atoms with E-state index < -0.39 is 6.09 Å². The Morgan fingerprint density at radius 2 is 2.32 bits per heavy atom. The molecule has 0 unspecified atom stereocenters. The van der Waals surface area contributed by atoms with Crippen molar-refractivity contribution in [1.29, 1.82) is 0 Å². The fraction of sp³-hybridized carbons (Fsp3) is 0.154. The molecule has 6 heteroatoms. The van der Waals surface area contributed by atoms with Crippen molar-refractivity contribution in [3.63, 3.8) is 0 Å². The second-order valence-electron chi connectivity index (χ2n) is 4.18. The Morgan fingerprint density at radius 1 is 1.42 bits per heavy atom. The van der Waals surface area contributed by atoms with Crippen molar-refractivity contribution in [2.75, 3.05) is 0 Å². The first-order valence-electron chi connectivity index (χ1n) is 5.82. The molecule has 0 saturated carbocycles. The van der Waals surface area contributed by atoms with Gasteiger partial charge in [-0.25, -0.2) is 19.3 Å². The van der Waals surface area contributed by atoms with Gasteiger partial charge in [-0.2, -0.15) is 0 Å². The molecule has 0 atom stereocenters. The highest BCUT2D eigenvalue weighted by Gasteiger charge is 2.08. The molecule has 0 aliphatic heterocycles. The van der Waals surface area contributed by atoms with E-state index >= 15 is 0 Å². The van der Waals surface area contributed by atoms with E-state index in [1.165, 1.54) is 23.3 Å². The minimum atomic E-state index is -0.466. The average molecular weight is 256 g/mol. The summed E-state index contributed by atoms with van der Waals surface area (Å²) in [6.07, 6.45) is 7.76. The summed E-state index contributed by atoms with van der Waals surface area (Å²) < 4.78 is 8.34. The Balaban J connectivity index is 1.75. The molecule has 0 bridgehead atoms. The normalized spacial score (nSPS) is 10.8. The van der Waals surface area contributed by atoms with Gasteiger partial charge in [0.25, 0.3) is 0 Å². The third-order valence-electron chi connectivity index (χ3n) is 2.79. The topological polar surface area (TPSA) is 61.4 Å². The summed E-state index contributed by atoms with van der Waals surface area (Å²) in [5, 5.41) is 0. The summed E-state index contributed by atoms with van der Waals surface area (Å²) in [7, 11) is 0. The molecule has 96 valence electrons. The first-order chi connectivity index (χ1) is 9.24. The van der Waals surface area contributed by atoms with E-state index in [1.54, 1.807) is 0 Å². The second-order valence-corrected chi connectivity index (χ2v) is 4.18. The number of aryl methyl sites for hydroxylation is 1. The molecule has 3 aromatic rings. The van der Waals surface area contributed by atoms with Crippen LogP contribution in [0.3, 0.4) is 0 Å². The van der Waals surface area contributed by atoms with Gasteiger partial charge in [-0.3, -0.25) is 0 Å². The molecule has 0 aliphatic carbocycles. The maximum Gasteiger partial charge on any atom is 0.419 e. The summed E-state index contributed by atoms with van der Waals surface area (Å²) in [4.78, 5) is 19.8. The van der Waals surface area contributed by atoms with Crippen LogP contribution >= 0.6 is 0 Å². The second kappa shape index (κ2) is 4.56. The summed E-state index contributed by atoms with van der Waals surface area (Å²) in [5.74, 6) is 0. The van der Waals surface area contributed by atoms with Crippen molar-refractivity contribution in [2.24, 2.45) is 0 Å². The summed E-state index contributed by atoms with van der Waals surface area (Å²) in [6, 6.07) is 3.94. The van der Waals surface area contributed by atoms with Gasteiger partial charge in [0.2, 0.25) is 0 Å². The molecule has 19 heavy (non-hydrogen) atoms. The van der Waals surface area contributed by atoms with Gasteiger partial charge in [-0.1, -0.05) is 6.07 Å². The van der Waals surface area contributed by atoms with Crippen LogP contribution < -0.4 is 0 Å². The van der Waals surface area contributed by atoms with Crippen molar-refractivity contribution in [3.8, 4) is 0 Å². The highest BCUT2D eigenvalue weighted by molar-refractivity contribution is 5.69. The van der Waals surface area contributed by atoms with Crippen LogP contribution in [-0.2, 0) is 11.3 Å². The zero-order valence-electron chi connectivity index (χ0n) is 10.4. The minimum absolute atomic E-state index is 0.137. The fourth-order valence-electron chi connectivity index (χ4n) is 1.85. The molecule has 3 rings (SSSR count). The number of fused-ring (bicyclic) bond motifs is 1. The number of nitrogens with zero attached hydrogens (tertiary/aromatic N) is 4. The summed E-state index contributed by atoms with van der Waals surface area (Å²) in [6.45, 7) is 2.13. The molecule has 3 heterocycles. The average Bonchev–Trinajstić information content (AvgIpc) is 3.05. The van der Waals surface area contributed by atoms with Crippen LogP contribution in [0.25, 0.3) is 5.65 Å². The number of rotatable bonds is 2. The molecule has 0 amide bonds. The van der Waals surface area contributed by atoms with E-state index in [4.69, 9.17) is 4.74 Å². The Labute approximate surface area is 109 Å². The predicted molar refractivity (Wildman–Crippen MR) is 67.7 cm³/mol. The molecule has 0 aliphatic rings. The highest BCUT2D eigenvalue weighted by atomic mass is 16.5. The maximum absolute atomic E-state index is 11.6. The molecule has 0 saturated heterocycles. The van der Waals surface area contributed by atoms with Crippen molar-refractivity contribution >= 4 is 11.7 Å².